The molecule has 1 fully saturated rings. The first-order chi connectivity index (χ1) is 20.2. The number of anilines is 1. The monoisotopic (exact) mass is 582 g/mol. The highest BCUT2D eigenvalue weighted by molar-refractivity contribution is 5.90. The molecule has 14 heteroatoms. The van der Waals surface area contributed by atoms with Crippen molar-refractivity contribution in [3.63, 3.8) is 0 Å². The summed E-state index contributed by atoms with van der Waals surface area (Å²) in [5, 5.41) is 0. The summed E-state index contributed by atoms with van der Waals surface area (Å²) in [5.74, 6) is 0.900. The Morgan fingerprint density at radius 2 is 1.79 bits per heavy atom. The number of aryl methyl sites for hydroxylation is 1. The van der Waals surface area contributed by atoms with Crippen LogP contribution in [0.1, 0.15) is 35.7 Å². The first-order valence-electron chi connectivity index (χ1n) is 13.3. The summed E-state index contributed by atoms with van der Waals surface area (Å²) in [6.07, 6.45) is 1.33. The molecular formula is C28H23F5N8O. The second-order valence-electron chi connectivity index (χ2n) is 10.4. The van der Waals surface area contributed by atoms with Crippen molar-refractivity contribution >= 4 is 16.9 Å². The lowest BCUT2D eigenvalue weighted by molar-refractivity contribution is -0.140. The Bertz CT molecular complexity index is 1790. The van der Waals surface area contributed by atoms with Crippen molar-refractivity contribution in [3.05, 3.63) is 66.0 Å². The molecule has 0 N–H and O–H groups in total. The Hall–Kier alpha value is -4.62. The predicted molar refractivity (Wildman–Crippen MR) is 142 cm³/mol. The fraction of sp³-hybridized carbons (Fsp3) is 0.321. The van der Waals surface area contributed by atoms with Gasteiger partial charge < -0.3 is 18.8 Å². The summed E-state index contributed by atoms with van der Waals surface area (Å²) in [4.78, 5) is 23.8. The Kier molecular flexibility index (Phi) is 6.10. The summed E-state index contributed by atoms with van der Waals surface area (Å²) in [7, 11) is 1.52. The molecule has 42 heavy (non-hydrogen) atoms. The van der Waals surface area contributed by atoms with Crippen LogP contribution in [0.2, 0.25) is 0 Å². The average molecular weight is 583 g/mol. The highest BCUT2D eigenvalue weighted by Crippen LogP contribution is 2.46. The second-order valence-corrected chi connectivity index (χ2v) is 10.4. The third-order valence-corrected chi connectivity index (χ3v) is 7.49. The Balaban J connectivity index is 1.24. The van der Waals surface area contributed by atoms with Gasteiger partial charge in [0.2, 0.25) is 5.88 Å². The lowest BCUT2D eigenvalue weighted by Crippen LogP contribution is -2.32. The minimum atomic E-state index is -4.53. The molecule has 0 amide bonds. The van der Waals surface area contributed by atoms with Gasteiger partial charge in [-0.3, -0.25) is 0 Å². The first-order valence-corrected chi connectivity index (χ1v) is 13.3. The van der Waals surface area contributed by atoms with E-state index in [1.807, 2.05) is 29.0 Å². The molecule has 1 aromatic carbocycles. The molecule has 0 saturated heterocycles. The number of imidazole rings is 1. The lowest BCUT2D eigenvalue weighted by atomic mass is 10.1. The van der Waals surface area contributed by atoms with Gasteiger partial charge in [0.05, 0.1) is 11.2 Å². The molecule has 5 aromatic rings. The van der Waals surface area contributed by atoms with Crippen molar-refractivity contribution in [2.75, 3.05) is 11.4 Å². The number of nitrogens with zero attached hydrogens (tertiary/aromatic N) is 8. The molecule has 1 aliphatic carbocycles. The van der Waals surface area contributed by atoms with Gasteiger partial charge in [-0.15, -0.1) is 0 Å². The topological polar surface area (TPSA) is 86.8 Å². The maximum absolute atomic E-state index is 13.3. The summed E-state index contributed by atoms with van der Waals surface area (Å²) in [6.45, 7) is -1.32. The van der Waals surface area contributed by atoms with Crippen LogP contribution in [-0.2, 0) is 26.3 Å². The zero-order valence-electron chi connectivity index (χ0n) is 22.2. The van der Waals surface area contributed by atoms with Crippen molar-refractivity contribution in [1.29, 1.82) is 0 Å². The van der Waals surface area contributed by atoms with E-state index < -0.39 is 18.5 Å². The summed E-state index contributed by atoms with van der Waals surface area (Å²) < 4.78 is 74.2. The van der Waals surface area contributed by atoms with Crippen molar-refractivity contribution in [2.45, 2.75) is 44.6 Å². The molecule has 0 bridgehead atoms. The van der Waals surface area contributed by atoms with Crippen LogP contribution in [0.3, 0.4) is 0 Å². The normalized spacial score (nSPS) is 15.2. The average Bonchev–Trinajstić information content (AvgIpc) is 3.60. The zero-order chi connectivity index (χ0) is 29.2. The molecule has 0 atom stereocenters. The molecular weight excluding hydrogens is 559 g/mol. The van der Waals surface area contributed by atoms with Crippen molar-refractivity contribution < 1.29 is 26.7 Å². The van der Waals surface area contributed by atoms with E-state index in [-0.39, 0.29) is 29.0 Å². The van der Waals surface area contributed by atoms with E-state index in [9.17, 15) is 22.0 Å². The third-order valence-electron chi connectivity index (χ3n) is 7.49. The second kappa shape index (κ2) is 9.74. The van der Waals surface area contributed by atoms with Gasteiger partial charge >= 0.3 is 12.8 Å². The quantitative estimate of drug-likeness (QED) is 0.224. The van der Waals surface area contributed by atoms with Gasteiger partial charge in [0.15, 0.2) is 17.3 Å². The number of benzene rings is 1. The largest absolute Gasteiger partial charge is 0.434 e. The molecule has 4 aromatic heterocycles. The minimum absolute atomic E-state index is 0.101. The number of hydrogen-bond acceptors (Lipinski definition) is 7. The van der Waals surface area contributed by atoms with Crippen LogP contribution in [0, 0.1) is 0 Å². The maximum atomic E-state index is 13.3. The van der Waals surface area contributed by atoms with E-state index in [1.54, 1.807) is 12.1 Å². The van der Waals surface area contributed by atoms with Crippen LogP contribution < -0.4 is 9.64 Å². The molecule has 0 spiro atoms. The van der Waals surface area contributed by atoms with Gasteiger partial charge in [-0.2, -0.15) is 22.0 Å². The molecule has 5 heterocycles. The van der Waals surface area contributed by atoms with Gasteiger partial charge in [0, 0.05) is 50.6 Å². The highest BCUT2D eigenvalue weighted by Gasteiger charge is 2.35. The lowest BCUT2D eigenvalue weighted by Gasteiger charge is -2.30. The molecule has 1 aliphatic heterocycles. The molecule has 7 rings (SSSR count). The van der Waals surface area contributed by atoms with Gasteiger partial charge in [0.25, 0.3) is 0 Å². The fourth-order valence-electron chi connectivity index (χ4n) is 5.38. The summed E-state index contributed by atoms with van der Waals surface area (Å²) in [6, 6.07) is 9.02. The minimum Gasteiger partial charge on any atom is -0.416 e. The Morgan fingerprint density at radius 1 is 1.00 bits per heavy atom. The van der Waals surface area contributed by atoms with Gasteiger partial charge in [-0.05, 0) is 24.5 Å². The van der Waals surface area contributed by atoms with E-state index in [1.165, 1.54) is 17.9 Å². The van der Waals surface area contributed by atoms with E-state index >= 15 is 0 Å². The number of alkyl halides is 5. The number of aromatic nitrogens is 7. The van der Waals surface area contributed by atoms with Crippen LogP contribution in [0.25, 0.3) is 33.8 Å². The van der Waals surface area contributed by atoms with Crippen molar-refractivity contribution in [3.8, 4) is 28.7 Å². The van der Waals surface area contributed by atoms with Crippen LogP contribution in [0.5, 0.6) is 5.88 Å². The fourth-order valence-corrected chi connectivity index (χ4v) is 5.38. The SMILES string of the molecule is Cn1cc(C(F)(F)F)nc1-c1ccc(CN2CCn3ccc4nc(-c5c(OC(F)F)ncnc5C5CC5)nc2c43)cc1. The standard InChI is InChI=1S/C28H23F5N8O/c1-39-13-19(28(31,32)33)37-24(39)17-4-2-15(3-5-17)12-41-11-10-40-9-8-18-22(40)25(41)38-23(36-18)20-21(16-6-7-16)34-14-35-26(20)42-27(29)30/h2-5,8-9,13-14,16,27H,6-7,10-12H2,1H3. The maximum Gasteiger partial charge on any atom is 0.434 e. The van der Waals surface area contributed by atoms with Gasteiger partial charge in [-0.1, -0.05) is 24.3 Å². The van der Waals surface area contributed by atoms with Gasteiger partial charge in [-0.25, -0.2) is 24.9 Å². The van der Waals surface area contributed by atoms with E-state index in [4.69, 9.17) is 14.7 Å². The van der Waals surface area contributed by atoms with Crippen molar-refractivity contribution in [2.24, 2.45) is 7.05 Å². The predicted octanol–water partition coefficient (Wildman–Crippen LogP) is 5.81. The van der Waals surface area contributed by atoms with Crippen LogP contribution in [0.15, 0.2) is 49.1 Å². The van der Waals surface area contributed by atoms with Crippen LogP contribution in [-0.4, -0.2) is 47.2 Å². The van der Waals surface area contributed by atoms with Crippen LogP contribution >= 0.6 is 0 Å². The number of rotatable bonds is 7. The first kappa shape index (κ1) is 26.3. The van der Waals surface area contributed by atoms with Crippen molar-refractivity contribution in [1.82, 2.24) is 34.1 Å². The van der Waals surface area contributed by atoms with E-state index in [2.05, 4.69) is 19.9 Å². The Morgan fingerprint density at radius 3 is 2.48 bits per heavy atom. The summed E-state index contributed by atoms with van der Waals surface area (Å²) in [5.41, 5.74) is 2.84. The molecule has 1 saturated carbocycles. The molecule has 9 nitrogen and oxygen atoms in total. The van der Waals surface area contributed by atoms with Gasteiger partial charge in [0.1, 0.15) is 23.2 Å². The zero-order valence-corrected chi connectivity index (χ0v) is 22.2. The van der Waals surface area contributed by atoms with E-state index in [0.29, 0.717) is 42.2 Å². The Labute approximate surface area is 235 Å². The summed E-state index contributed by atoms with van der Waals surface area (Å²) >= 11 is 0. The number of hydrogen-bond donors (Lipinski definition) is 0. The van der Waals surface area contributed by atoms with E-state index in [0.717, 1.165) is 30.1 Å². The van der Waals surface area contributed by atoms with Crippen LogP contribution in [0.4, 0.5) is 27.8 Å². The molecule has 0 unspecified atom stereocenters. The third kappa shape index (κ3) is 4.69. The highest BCUT2D eigenvalue weighted by atomic mass is 19.4. The smallest absolute Gasteiger partial charge is 0.416 e. The number of halogens is 5. The molecule has 2 aliphatic rings. The molecule has 0 radical (unpaired) electrons. The molecule has 216 valence electrons. The number of ether oxygens (including phenoxy) is 1.